The zero-order valence-corrected chi connectivity index (χ0v) is 13.8. The smallest absolute Gasteiger partial charge is 0.335 e. The summed E-state index contributed by atoms with van der Waals surface area (Å²) in [5.74, 6) is -2.02. The second-order valence-electron chi connectivity index (χ2n) is 5.89. The van der Waals surface area contributed by atoms with Crippen LogP contribution in [0.5, 0.6) is 0 Å². The number of carbonyl (C=O) groups excluding carboxylic acids is 1. The zero-order valence-electron chi connectivity index (χ0n) is 13.8. The van der Waals surface area contributed by atoms with E-state index in [1.165, 1.54) is 6.20 Å². The number of aromatic carboxylic acids is 1. The highest BCUT2D eigenvalue weighted by Gasteiger charge is 2.18. The lowest BCUT2D eigenvalue weighted by molar-refractivity contribution is 0.0696. The first-order chi connectivity index (χ1) is 11.3. The summed E-state index contributed by atoms with van der Waals surface area (Å²) in [6.45, 7) is 6.69. The lowest BCUT2D eigenvalue weighted by Gasteiger charge is -2.11. The van der Waals surface area contributed by atoms with Gasteiger partial charge in [0.1, 0.15) is 5.82 Å². The van der Waals surface area contributed by atoms with Gasteiger partial charge in [-0.2, -0.15) is 5.10 Å². The first kappa shape index (κ1) is 17.7. The zero-order chi connectivity index (χ0) is 17.9. The lowest BCUT2D eigenvalue weighted by Crippen LogP contribution is -2.16. The number of rotatable bonds is 6. The van der Waals surface area contributed by atoms with Gasteiger partial charge in [-0.05, 0) is 30.5 Å². The number of anilines is 1. The maximum atomic E-state index is 13.8. The predicted molar refractivity (Wildman–Crippen MR) is 87.8 cm³/mol. The third kappa shape index (κ3) is 3.79. The number of benzene rings is 1. The van der Waals surface area contributed by atoms with Crippen LogP contribution in [0.15, 0.2) is 24.4 Å². The number of aromatic nitrogens is 2. The predicted octanol–water partition coefficient (Wildman–Crippen LogP) is 3.19. The van der Waals surface area contributed by atoms with E-state index in [1.807, 2.05) is 20.8 Å². The van der Waals surface area contributed by atoms with E-state index in [0.717, 1.165) is 23.9 Å². The van der Waals surface area contributed by atoms with Crippen molar-refractivity contribution in [3.63, 3.8) is 0 Å². The summed E-state index contributed by atoms with van der Waals surface area (Å²) in [5.41, 5.74) is 0.853. The fraction of sp³-hybridized carbons (Fsp3) is 0.353. The van der Waals surface area contributed by atoms with Gasteiger partial charge in [0.05, 0.1) is 28.7 Å². The molecular formula is C17H20FN3O3. The highest BCUT2D eigenvalue weighted by molar-refractivity contribution is 6.05. The van der Waals surface area contributed by atoms with Crippen molar-refractivity contribution in [3.8, 4) is 0 Å². The van der Waals surface area contributed by atoms with Crippen LogP contribution in [0.3, 0.4) is 0 Å². The minimum Gasteiger partial charge on any atom is -0.478 e. The molecule has 2 rings (SSSR count). The van der Waals surface area contributed by atoms with Crippen molar-refractivity contribution in [2.75, 3.05) is 5.32 Å². The molecule has 24 heavy (non-hydrogen) atoms. The van der Waals surface area contributed by atoms with E-state index >= 15 is 0 Å². The minimum absolute atomic E-state index is 0.0992. The van der Waals surface area contributed by atoms with Gasteiger partial charge in [-0.1, -0.05) is 20.8 Å². The van der Waals surface area contributed by atoms with Gasteiger partial charge in [-0.3, -0.25) is 9.48 Å². The molecule has 0 aliphatic carbocycles. The van der Waals surface area contributed by atoms with Crippen LogP contribution in [-0.4, -0.2) is 26.8 Å². The van der Waals surface area contributed by atoms with Crippen molar-refractivity contribution < 1.29 is 19.1 Å². The van der Waals surface area contributed by atoms with Gasteiger partial charge < -0.3 is 10.4 Å². The molecule has 1 aromatic heterocycles. The van der Waals surface area contributed by atoms with Crippen LogP contribution in [0.4, 0.5) is 10.1 Å². The van der Waals surface area contributed by atoms with Crippen LogP contribution in [0.1, 0.15) is 47.2 Å². The van der Waals surface area contributed by atoms with Gasteiger partial charge in [0.25, 0.3) is 5.91 Å². The van der Waals surface area contributed by atoms with Crippen LogP contribution in [0.25, 0.3) is 0 Å². The molecule has 1 heterocycles. The van der Waals surface area contributed by atoms with Crippen molar-refractivity contribution in [1.29, 1.82) is 0 Å². The Kier molecular flexibility index (Phi) is 5.33. The second kappa shape index (κ2) is 7.25. The molecule has 0 atom stereocenters. The molecule has 0 aliphatic rings. The quantitative estimate of drug-likeness (QED) is 0.850. The number of halogens is 1. The van der Waals surface area contributed by atoms with Crippen molar-refractivity contribution >= 4 is 17.6 Å². The Bertz CT molecular complexity index is 768. The molecule has 0 spiro atoms. The second-order valence-corrected chi connectivity index (χ2v) is 5.89. The SMILES string of the molecule is CCc1c(C(=O)Nc2cc(C(=O)O)ccc2F)cnn1CC(C)C. The van der Waals surface area contributed by atoms with E-state index in [2.05, 4.69) is 10.4 Å². The number of nitrogens with zero attached hydrogens (tertiary/aromatic N) is 2. The van der Waals surface area contributed by atoms with Crippen molar-refractivity contribution in [3.05, 3.63) is 47.0 Å². The molecule has 0 saturated carbocycles. The van der Waals surface area contributed by atoms with Crippen LogP contribution < -0.4 is 5.32 Å². The largest absolute Gasteiger partial charge is 0.478 e. The van der Waals surface area contributed by atoms with E-state index < -0.39 is 17.7 Å². The van der Waals surface area contributed by atoms with Crippen LogP contribution in [0, 0.1) is 11.7 Å². The molecule has 1 amide bonds. The number of hydrogen-bond acceptors (Lipinski definition) is 3. The van der Waals surface area contributed by atoms with Crippen molar-refractivity contribution in [2.45, 2.75) is 33.7 Å². The maximum absolute atomic E-state index is 13.8. The number of hydrogen-bond donors (Lipinski definition) is 2. The first-order valence-corrected chi connectivity index (χ1v) is 7.72. The molecule has 0 saturated heterocycles. The molecule has 2 N–H and O–H groups in total. The third-order valence-corrected chi connectivity index (χ3v) is 3.53. The number of amides is 1. The van der Waals surface area contributed by atoms with Gasteiger partial charge in [0.2, 0.25) is 0 Å². The standard InChI is InChI=1S/C17H20FN3O3/c1-4-15-12(8-19-21(15)9-10(2)3)16(22)20-14-7-11(17(23)24)5-6-13(14)18/h5-8,10H,4,9H2,1-3H3,(H,20,22)(H,23,24). The summed E-state index contributed by atoms with van der Waals surface area (Å²) in [7, 11) is 0. The molecule has 7 heteroatoms. The Morgan fingerprint density at radius 2 is 2.08 bits per heavy atom. The average molecular weight is 333 g/mol. The van der Waals surface area contributed by atoms with Crippen molar-refractivity contribution in [2.24, 2.45) is 5.92 Å². The first-order valence-electron chi connectivity index (χ1n) is 7.72. The Labute approximate surface area is 139 Å². The fourth-order valence-electron chi connectivity index (χ4n) is 2.42. The van der Waals surface area contributed by atoms with Gasteiger partial charge in [-0.15, -0.1) is 0 Å². The maximum Gasteiger partial charge on any atom is 0.335 e. The number of carboxylic acids is 1. The van der Waals surface area contributed by atoms with Gasteiger partial charge in [-0.25, -0.2) is 9.18 Å². The third-order valence-electron chi connectivity index (χ3n) is 3.53. The number of nitrogens with one attached hydrogen (secondary N) is 1. The van der Waals surface area contributed by atoms with E-state index in [-0.39, 0.29) is 11.3 Å². The molecule has 6 nitrogen and oxygen atoms in total. The summed E-state index contributed by atoms with van der Waals surface area (Å²) in [4.78, 5) is 23.4. The van der Waals surface area contributed by atoms with Gasteiger partial charge in [0.15, 0.2) is 0 Å². The van der Waals surface area contributed by atoms with E-state index in [4.69, 9.17) is 5.11 Å². The Hall–Kier alpha value is -2.70. The van der Waals surface area contributed by atoms with Crippen molar-refractivity contribution in [1.82, 2.24) is 9.78 Å². The minimum atomic E-state index is -1.19. The average Bonchev–Trinajstić information content (AvgIpc) is 2.91. The lowest BCUT2D eigenvalue weighted by atomic mass is 10.1. The normalized spacial score (nSPS) is 10.9. The number of carboxylic acid groups (broad SMARTS) is 1. The van der Waals surface area contributed by atoms with E-state index in [1.54, 1.807) is 4.68 Å². The number of carbonyl (C=O) groups is 2. The highest BCUT2D eigenvalue weighted by Crippen LogP contribution is 2.19. The monoisotopic (exact) mass is 333 g/mol. The summed E-state index contributed by atoms with van der Waals surface area (Å²) in [6, 6.07) is 3.26. The summed E-state index contributed by atoms with van der Waals surface area (Å²) < 4.78 is 15.6. The molecule has 2 aromatic rings. The topological polar surface area (TPSA) is 84.2 Å². The Balaban J connectivity index is 2.29. The molecule has 0 bridgehead atoms. The molecule has 0 radical (unpaired) electrons. The van der Waals surface area contributed by atoms with Crippen LogP contribution in [-0.2, 0) is 13.0 Å². The molecular weight excluding hydrogens is 313 g/mol. The van der Waals surface area contributed by atoms with E-state index in [0.29, 0.717) is 24.4 Å². The molecule has 128 valence electrons. The molecule has 1 aromatic carbocycles. The molecule has 0 aliphatic heterocycles. The van der Waals surface area contributed by atoms with Gasteiger partial charge in [0, 0.05) is 6.54 Å². The molecule has 0 unspecified atom stereocenters. The van der Waals surface area contributed by atoms with Crippen LogP contribution in [0.2, 0.25) is 0 Å². The van der Waals surface area contributed by atoms with Gasteiger partial charge >= 0.3 is 5.97 Å². The highest BCUT2D eigenvalue weighted by atomic mass is 19.1. The van der Waals surface area contributed by atoms with E-state index in [9.17, 15) is 14.0 Å². The summed E-state index contributed by atoms with van der Waals surface area (Å²) >= 11 is 0. The van der Waals surface area contributed by atoms with Crippen LogP contribution >= 0.6 is 0 Å². The summed E-state index contributed by atoms with van der Waals surface area (Å²) in [6.07, 6.45) is 2.06. The Morgan fingerprint density at radius 1 is 1.38 bits per heavy atom. The Morgan fingerprint density at radius 3 is 2.67 bits per heavy atom. The fourth-order valence-corrected chi connectivity index (χ4v) is 2.42. The molecule has 0 fully saturated rings. The summed E-state index contributed by atoms with van der Waals surface area (Å²) in [5, 5.41) is 15.6.